The van der Waals surface area contributed by atoms with E-state index in [4.69, 9.17) is 10.3 Å². The number of thioether (sulfide) groups is 1. The number of aromatic nitrogens is 1. The Morgan fingerprint density at radius 1 is 1.54 bits per heavy atom. The molecular formula is C9H10N2OS. The summed E-state index contributed by atoms with van der Waals surface area (Å²) >= 11 is 1.66. The molecule has 0 radical (unpaired) electrons. The topological polar surface area (TPSA) is 52.0 Å². The first-order valence-electron chi connectivity index (χ1n) is 4.09. The van der Waals surface area contributed by atoms with E-state index in [-0.39, 0.29) is 0 Å². The summed E-state index contributed by atoms with van der Waals surface area (Å²) in [4.78, 5) is 0. The highest BCUT2D eigenvalue weighted by molar-refractivity contribution is 7.99. The van der Waals surface area contributed by atoms with Gasteiger partial charge in [0, 0.05) is 5.69 Å². The van der Waals surface area contributed by atoms with Crippen molar-refractivity contribution in [2.45, 2.75) is 11.9 Å². The number of nitrogens with zero attached hydrogens (tertiary/aromatic N) is 1. The lowest BCUT2D eigenvalue weighted by Gasteiger charge is -1.93. The summed E-state index contributed by atoms with van der Waals surface area (Å²) in [5, 5.41) is 5.89. The standard InChI is InChI=1S/C9H10N2OS/c1-2-13-9-7-5-6(10)3-4-8(7)12-11-9/h3-5H,2,10H2,1H3. The summed E-state index contributed by atoms with van der Waals surface area (Å²) in [5.41, 5.74) is 7.21. The van der Waals surface area contributed by atoms with Crippen LogP contribution in [0.4, 0.5) is 5.69 Å². The van der Waals surface area contributed by atoms with Gasteiger partial charge in [-0.2, -0.15) is 0 Å². The van der Waals surface area contributed by atoms with Gasteiger partial charge in [-0.1, -0.05) is 12.1 Å². The first-order valence-corrected chi connectivity index (χ1v) is 5.07. The minimum Gasteiger partial charge on any atom is -0.399 e. The average Bonchev–Trinajstić information content (AvgIpc) is 2.49. The summed E-state index contributed by atoms with van der Waals surface area (Å²) in [6, 6.07) is 5.55. The molecule has 0 atom stereocenters. The van der Waals surface area contributed by atoms with E-state index in [0.29, 0.717) is 0 Å². The summed E-state index contributed by atoms with van der Waals surface area (Å²) in [5.74, 6) is 0.983. The van der Waals surface area contributed by atoms with Gasteiger partial charge in [-0.3, -0.25) is 0 Å². The molecule has 2 rings (SSSR count). The van der Waals surface area contributed by atoms with Gasteiger partial charge in [-0.15, -0.1) is 11.8 Å². The van der Waals surface area contributed by atoms with Crippen molar-refractivity contribution < 1.29 is 4.52 Å². The van der Waals surface area contributed by atoms with Crippen LogP contribution in [-0.4, -0.2) is 10.9 Å². The highest BCUT2D eigenvalue weighted by Crippen LogP contribution is 2.28. The third kappa shape index (κ3) is 1.49. The van der Waals surface area contributed by atoms with Crippen molar-refractivity contribution in [3.63, 3.8) is 0 Å². The third-order valence-corrected chi connectivity index (χ3v) is 2.60. The molecule has 0 aliphatic carbocycles. The van der Waals surface area contributed by atoms with E-state index in [9.17, 15) is 0 Å². The van der Waals surface area contributed by atoms with Crippen molar-refractivity contribution in [2.24, 2.45) is 0 Å². The van der Waals surface area contributed by atoms with Gasteiger partial charge in [-0.05, 0) is 24.0 Å². The molecule has 2 aromatic rings. The largest absolute Gasteiger partial charge is 0.399 e. The number of anilines is 1. The number of hydrogen-bond acceptors (Lipinski definition) is 4. The zero-order valence-corrected chi connectivity index (χ0v) is 8.10. The van der Waals surface area contributed by atoms with Gasteiger partial charge in [0.25, 0.3) is 0 Å². The van der Waals surface area contributed by atoms with Crippen LogP contribution >= 0.6 is 11.8 Å². The molecule has 1 aromatic carbocycles. The van der Waals surface area contributed by atoms with Gasteiger partial charge < -0.3 is 10.3 Å². The average molecular weight is 194 g/mol. The zero-order chi connectivity index (χ0) is 9.26. The zero-order valence-electron chi connectivity index (χ0n) is 7.28. The normalized spacial score (nSPS) is 10.8. The van der Waals surface area contributed by atoms with Crippen LogP contribution in [0.15, 0.2) is 27.7 Å². The molecule has 0 spiro atoms. The van der Waals surface area contributed by atoms with Crippen molar-refractivity contribution in [3.8, 4) is 0 Å². The number of fused-ring (bicyclic) bond motifs is 1. The predicted molar refractivity (Wildman–Crippen MR) is 54.8 cm³/mol. The molecule has 0 amide bonds. The Kier molecular flexibility index (Phi) is 2.14. The summed E-state index contributed by atoms with van der Waals surface area (Å²) in [6.07, 6.45) is 0. The van der Waals surface area contributed by atoms with Crippen molar-refractivity contribution in [2.75, 3.05) is 11.5 Å². The third-order valence-electron chi connectivity index (χ3n) is 1.74. The van der Waals surface area contributed by atoms with Gasteiger partial charge >= 0.3 is 0 Å². The molecule has 0 saturated heterocycles. The number of rotatable bonds is 2. The Bertz CT molecular complexity index is 424. The van der Waals surface area contributed by atoms with Crippen molar-refractivity contribution >= 4 is 28.4 Å². The minimum atomic E-state index is 0.744. The monoisotopic (exact) mass is 194 g/mol. The van der Waals surface area contributed by atoms with Crippen LogP contribution < -0.4 is 5.73 Å². The fourth-order valence-electron chi connectivity index (χ4n) is 1.17. The number of benzene rings is 1. The molecule has 0 saturated carbocycles. The molecule has 4 heteroatoms. The molecule has 0 unspecified atom stereocenters. The molecule has 2 N–H and O–H groups in total. The van der Waals surface area contributed by atoms with Crippen molar-refractivity contribution in [3.05, 3.63) is 18.2 Å². The highest BCUT2D eigenvalue weighted by atomic mass is 32.2. The lowest BCUT2D eigenvalue weighted by atomic mass is 10.2. The fourth-order valence-corrected chi connectivity index (χ4v) is 1.85. The Morgan fingerprint density at radius 2 is 2.38 bits per heavy atom. The Balaban J connectivity index is 2.58. The fraction of sp³-hybridized carbons (Fsp3) is 0.222. The van der Waals surface area contributed by atoms with E-state index >= 15 is 0 Å². The Morgan fingerprint density at radius 3 is 3.15 bits per heavy atom. The summed E-state index contributed by atoms with van der Waals surface area (Å²) < 4.78 is 5.13. The molecule has 3 nitrogen and oxygen atoms in total. The minimum absolute atomic E-state index is 0.744. The van der Waals surface area contributed by atoms with Crippen LogP contribution in [0.25, 0.3) is 11.0 Å². The molecule has 0 fully saturated rings. The van der Waals surface area contributed by atoms with Crippen LogP contribution in [0, 0.1) is 0 Å². The van der Waals surface area contributed by atoms with Crippen molar-refractivity contribution in [1.29, 1.82) is 0 Å². The van der Waals surface area contributed by atoms with E-state index in [1.54, 1.807) is 11.8 Å². The Labute approximate surface area is 80.3 Å². The Hall–Kier alpha value is -1.16. The van der Waals surface area contributed by atoms with E-state index in [2.05, 4.69) is 12.1 Å². The maximum Gasteiger partial charge on any atom is 0.168 e. The second-order valence-electron chi connectivity index (χ2n) is 2.68. The molecule has 0 bridgehead atoms. The van der Waals surface area contributed by atoms with Crippen LogP contribution in [0.5, 0.6) is 0 Å². The van der Waals surface area contributed by atoms with E-state index in [0.717, 1.165) is 27.4 Å². The van der Waals surface area contributed by atoms with Gasteiger partial charge in [0.15, 0.2) is 5.58 Å². The summed E-state index contributed by atoms with van der Waals surface area (Å²) in [7, 11) is 0. The van der Waals surface area contributed by atoms with Gasteiger partial charge in [0.05, 0.1) is 5.39 Å². The van der Waals surface area contributed by atoms with Crippen LogP contribution in [-0.2, 0) is 0 Å². The van der Waals surface area contributed by atoms with E-state index < -0.39 is 0 Å². The second-order valence-corrected chi connectivity index (χ2v) is 3.93. The first kappa shape index (κ1) is 8.44. The van der Waals surface area contributed by atoms with Crippen molar-refractivity contribution in [1.82, 2.24) is 5.16 Å². The molecule has 68 valence electrons. The predicted octanol–water partition coefficient (Wildman–Crippen LogP) is 2.52. The highest BCUT2D eigenvalue weighted by Gasteiger charge is 2.07. The second kappa shape index (κ2) is 3.30. The molecule has 0 aliphatic rings. The smallest absolute Gasteiger partial charge is 0.168 e. The quantitative estimate of drug-likeness (QED) is 0.589. The van der Waals surface area contributed by atoms with E-state index in [1.807, 2.05) is 18.2 Å². The molecule has 13 heavy (non-hydrogen) atoms. The molecular weight excluding hydrogens is 184 g/mol. The number of nitrogen functional groups attached to an aromatic ring is 1. The van der Waals surface area contributed by atoms with Crippen LogP contribution in [0.2, 0.25) is 0 Å². The molecule has 0 aliphatic heterocycles. The molecule has 1 aromatic heterocycles. The summed E-state index contributed by atoms with van der Waals surface area (Å²) in [6.45, 7) is 2.08. The van der Waals surface area contributed by atoms with Gasteiger partial charge in [0.1, 0.15) is 5.03 Å². The lowest BCUT2D eigenvalue weighted by molar-refractivity contribution is 0.437. The van der Waals surface area contributed by atoms with Gasteiger partial charge in [0.2, 0.25) is 0 Å². The SMILES string of the molecule is CCSc1noc2ccc(N)cc12. The molecule has 1 heterocycles. The first-order chi connectivity index (χ1) is 6.31. The van der Waals surface area contributed by atoms with Gasteiger partial charge in [-0.25, -0.2) is 0 Å². The van der Waals surface area contributed by atoms with Crippen LogP contribution in [0.1, 0.15) is 6.92 Å². The number of nitrogens with two attached hydrogens (primary N) is 1. The van der Waals surface area contributed by atoms with E-state index in [1.165, 1.54) is 0 Å². The maximum atomic E-state index is 5.67. The number of hydrogen-bond donors (Lipinski definition) is 1. The van der Waals surface area contributed by atoms with Crippen LogP contribution in [0.3, 0.4) is 0 Å². The maximum absolute atomic E-state index is 5.67. The lowest BCUT2D eigenvalue weighted by Crippen LogP contribution is -1.82.